The number of nitrogens with zero attached hydrogens (tertiary/aromatic N) is 3. The van der Waals surface area contributed by atoms with E-state index >= 15 is 0 Å². The third kappa shape index (κ3) is 2.27. The van der Waals surface area contributed by atoms with Crippen LogP contribution in [-0.2, 0) is 17.6 Å². The summed E-state index contributed by atoms with van der Waals surface area (Å²) in [4.78, 5) is 16.5. The second-order valence-corrected chi connectivity index (χ2v) is 4.98. The minimum absolute atomic E-state index is 0.152. The van der Waals surface area contributed by atoms with E-state index in [9.17, 15) is 4.79 Å². The number of methoxy groups -OCH3 is 1. The topological polar surface area (TPSA) is 68.5 Å². The van der Waals surface area contributed by atoms with Gasteiger partial charge in [0, 0.05) is 25.5 Å². The minimum atomic E-state index is -0.152. The zero-order valence-corrected chi connectivity index (χ0v) is 11.6. The molecule has 1 N–H and O–H groups in total. The number of fused-ring (bicyclic) bond motifs is 3. The number of aromatic nitrogens is 3. The molecule has 0 spiro atoms. The number of ether oxygens (including phenoxy) is 1. The summed E-state index contributed by atoms with van der Waals surface area (Å²) in [6.07, 6.45) is 7.90. The number of nitrogens with one attached hydrogen (secondary N) is 1. The van der Waals surface area contributed by atoms with Crippen LogP contribution in [0.1, 0.15) is 34.5 Å². The zero-order chi connectivity index (χ0) is 13.9. The highest BCUT2D eigenvalue weighted by Crippen LogP contribution is 2.22. The predicted octanol–water partition coefficient (Wildman–Crippen LogP) is 0.984. The fraction of sp³-hybridized carbons (Fsp3) is 0.500. The molecule has 6 heteroatoms. The third-order valence-electron chi connectivity index (χ3n) is 3.66. The van der Waals surface area contributed by atoms with Crippen molar-refractivity contribution in [3.63, 3.8) is 0 Å². The Kier molecular flexibility index (Phi) is 3.64. The van der Waals surface area contributed by atoms with Crippen molar-refractivity contribution < 1.29 is 9.53 Å². The minimum Gasteiger partial charge on any atom is -0.383 e. The standard InChI is InChI=1S/C14H18N4O2/c1-20-7-6-15-14(19)11-9-17-18-12-5-3-2-4-10(12)8-16-13(11)18/h8-9H,2-7H2,1H3,(H,15,19). The smallest absolute Gasteiger partial charge is 0.256 e. The van der Waals surface area contributed by atoms with Gasteiger partial charge in [-0.2, -0.15) is 5.10 Å². The van der Waals surface area contributed by atoms with Crippen LogP contribution >= 0.6 is 0 Å². The monoisotopic (exact) mass is 274 g/mol. The molecule has 0 atom stereocenters. The van der Waals surface area contributed by atoms with Crippen LogP contribution in [0.2, 0.25) is 0 Å². The summed E-state index contributed by atoms with van der Waals surface area (Å²) in [5, 5.41) is 7.14. The summed E-state index contributed by atoms with van der Waals surface area (Å²) in [5.74, 6) is -0.152. The van der Waals surface area contributed by atoms with Gasteiger partial charge in [-0.25, -0.2) is 9.50 Å². The van der Waals surface area contributed by atoms with E-state index in [1.165, 1.54) is 24.1 Å². The van der Waals surface area contributed by atoms with Crippen molar-refractivity contribution in [1.29, 1.82) is 0 Å². The molecule has 20 heavy (non-hydrogen) atoms. The van der Waals surface area contributed by atoms with E-state index in [1.807, 2.05) is 10.7 Å². The molecule has 0 aliphatic heterocycles. The van der Waals surface area contributed by atoms with Gasteiger partial charge in [0.25, 0.3) is 5.91 Å². The molecule has 0 unspecified atom stereocenters. The van der Waals surface area contributed by atoms with Gasteiger partial charge >= 0.3 is 0 Å². The Morgan fingerprint density at radius 2 is 2.25 bits per heavy atom. The average molecular weight is 274 g/mol. The highest BCUT2D eigenvalue weighted by Gasteiger charge is 2.19. The lowest BCUT2D eigenvalue weighted by molar-refractivity contribution is 0.0938. The van der Waals surface area contributed by atoms with E-state index in [4.69, 9.17) is 4.74 Å². The number of rotatable bonds is 4. The van der Waals surface area contributed by atoms with E-state index in [0.717, 1.165) is 12.8 Å². The Balaban J connectivity index is 1.91. The summed E-state index contributed by atoms with van der Waals surface area (Å²) >= 11 is 0. The van der Waals surface area contributed by atoms with Crippen molar-refractivity contribution in [2.75, 3.05) is 20.3 Å². The van der Waals surface area contributed by atoms with Crippen LogP contribution < -0.4 is 5.32 Å². The quantitative estimate of drug-likeness (QED) is 0.844. The lowest BCUT2D eigenvalue weighted by Crippen LogP contribution is -2.27. The first-order valence-electron chi connectivity index (χ1n) is 6.93. The largest absolute Gasteiger partial charge is 0.383 e. The molecule has 0 saturated heterocycles. The van der Waals surface area contributed by atoms with Crippen molar-refractivity contribution in [2.45, 2.75) is 25.7 Å². The van der Waals surface area contributed by atoms with Gasteiger partial charge in [-0.15, -0.1) is 0 Å². The molecule has 2 heterocycles. The van der Waals surface area contributed by atoms with Crippen LogP contribution in [0.25, 0.3) is 5.65 Å². The summed E-state index contributed by atoms with van der Waals surface area (Å²) in [6.45, 7) is 0.978. The molecule has 106 valence electrons. The number of hydrogen-bond acceptors (Lipinski definition) is 4. The molecule has 2 aromatic heterocycles. The molecule has 0 bridgehead atoms. The second kappa shape index (κ2) is 5.58. The molecule has 3 rings (SSSR count). The van der Waals surface area contributed by atoms with Gasteiger partial charge in [-0.1, -0.05) is 0 Å². The molecule has 6 nitrogen and oxygen atoms in total. The molecule has 0 saturated carbocycles. The second-order valence-electron chi connectivity index (χ2n) is 4.98. The first kappa shape index (κ1) is 13.1. The van der Waals surface area contributed by atoms with Crippen LogP contribution in [0.3, 0.4) is 0 Å². The SMILES string of the molecule is COCCNC(=O)c1cnn2c3c(cnc12)CCCC3. The highest BCUT2D eigenvalue weighted by molar-refractivity contribution is 5.99. The van der Waals surface area contributed by atoms with Crippen LogP contribution in [0.5, 0.6) is 0 Å². The number of hydrogen-bond donors (Lipinski definition) is 1. The van der Waals surface area contributed by atoms with E-state index in [-0.39, 0.29) is 5.91 Å². The average Bonchev–Trinajstić information content (AvgIpc) is 2.92. The Bertz CT molecular complexity index is 635. The van der Waals surface area contributed by atoms with Crippen LogP contribution in [0.4, 0.5) is 0 Å². The van der Waals surface area contributed by atoms with Gasteiger partial charge in [0.2, 0.25) is 0 Å². The van der Waals surface area contributed by atoms with Crippen molar-refractivity contribution in [3.8, 4) is 0 Å². The lowest BCUT2D eigenvalue weighted by atomic mass is 9.97. The van der Waals surface area contributed by atoms with Gasteiger partial charge in [0.1, 0.15) is 5.56 Å². The molecule has 0 fully saturated rings. The molecule has 1 aliphatic carbocycles. The normalized spacial score (nSPS) is 14.2. The van der Waals surface area contributed by atoms with Crippen LogP contribution in [0.15, 0.2) is 12.4 Å². The Morgan fingerprint density at radius 1 is 1.40 bits per heavy atom. The summed E-state index contributed by atoms with van der Waals surface area (Å²) < 4.78 is 6.74. The van der Waals surface area contributed by atoms with E-state index < -0.39 is 0 Å². The summed E-state index contributed by atoms with van der Waals surface area (Å²) in [6, 6.07) is 0. The van der Waals surface area contributed by atoms with E-state index in [1.54, 1.807) is 13.3 Å². The number of amides is 1. The molecule has 2 aromatic rings. The molecule has 0 radical (unpaired) electrons. The van der Waals surface area contributed by atoms with E-state index in [2.05, 4.69) is 15.4 Å². The highest BCUT2D eigenvalue weighted by atomic mass is 16.5. The third-order valence-corrected chi connectivity index (χ3v) is 3.66. The Hall–Kier alpha value is -1.95. The van der Waals surface area contributed by atoms with Crippen LogP contribution in [-0.4, -0.2) is 40.8 Å². The number of carbonyl (C=O) groups is 1. The van der Waals surface area contributed by atoms with Crippen molar-refractivity contribution >= 4 is 11.6 Å². The first-order chi connectivity index (χ1) is 9.81. The maximum atomic E-state index is 12.1. The maximum absolute atomic E-state index is 12.1. The van der Waals surface area contributed by atoms with Crippen molar-refractivity contribution in [3.05, 3.63) is 29.2 Å². The number of carbonyl (C=O) groups excluding carboxylic acids is 1. The molecular weight excluding hydrogens is 256 g/mol. The van der Waals surface area contributed by atoms with Crippen LogP contribution in [0, 0.1) is 0 Å². The Morgan fingerprint density at radius 3 is 3.10 bits per heavy atom. The summed E-state index contributed by atoms with van der Waals surface area (Å²) in [7, 11) is 1.61. The maximum Gasteiger partial charge on any atom is 0.256 e. The van der Waals surface area contributed by atoms with Gasteiger partial charge in [0.05, 0.1) is 12.8 Å². The van der Waals surface area contributed by atoms with Gasteiger partial charge in [0.15, 0.2) is 5.65 Å². The predicted molar refractivity (Wildman–Crippen MR) is 73.8 cm³/mol. The molecule has 1 amide bonds. The molecule has 0 aromatic carbocycles. The van der Waals surface area contributed by atoms with Crippen molar-refractivity contribution in [1.82, 2.24) is 19.9 Å². The number of aryl methyl sites for hydroxylation is 2. The van der Waals surface area contributed by atoms with Crippen molar-refractivity contribution in [2.24, 2.45) is 0 Å². The molecule has 1 aliphatic rings. The Labute approximate surface area is 117 Å². The van der Waals surface area contributed by atoms with Gasteiger partial charge in [-0.05, 0) is 31.2 Å². The van der Waals surface area contributed by atoms with E-state index in [0.29, 0.717) is 24.4 Å². The van der Waals surface area contributed by atoms with Gasteiger partial charge < -0.3 is 10.1 Å². The fourth-order valence-corrected chi connectivity index (χ4v) is 2.62. The molecular formula is C14H18N4O2. The summed E-state index contributed by atoms with van der Waals surface area (Å²) in [5.41, 5.74) is 3.60. The lowest BCUT2D eigenvalue weighted by Gasteiger charge is -2.15. The first-order valence-corrected chi connectivity index (χ1v) is 6.93. The zero-order valence-electron chi connectivity index (χ0n) is 11.6. The fourth-order valence-electron chi connectivity index (χ4n) is 2.62. The van der Waals surface area contributed by atoms with Gasteiger partial charge in [-0.3, -0.25) is 4.79 Å².